The molecule has 8 nitrogen and oxygen atoms in total. The Balaban J connectivity index is 1.33. The molecule has 3 aliphatic heterocycles. The van der Waals surface area contributed by atoms with Gasteiger partial charge in [-0.15, -0.1) is 0 Å². The summed E-state index contributed by atoms with van der Waals surface area (Å²) >= 11 is 0. The molecule has 4 heterocycles. The second-order valence-electron chi connectivity index (χ2n) is 11.7. The van der Waals surface area contributed by atoms with Crippen molar-refractivity contribution in [2.45, 2.75) is 58.0 Å². The van der Waals surface area contributed by atoms with Crippen LogP contribution in [0.15, 0.2) is 30.3 Å². The van der Waals surface area contributed by atoms with E-state index in [1.807, 2.05) is 15.9 Å². The Morgan fingerprint density at radius 3 is 2.62 bits per heavy atom. The number of carbonyl (C=O) groups is 2. The maximum atomic E-state index is 13.8. The van der Waals surface area contributed by atoms with E-state index in [-0.39, 0.29) is 35.1 Å². The molecule has 5 rings (SSSR count). The first kappa shape index (κ1) is 25.7. The topological polar surface area (TPSA) is 81.7 Å². The van der Waals surface area contributed by atoms with Crippen LogP contribution < -0.4 is 10.2 Å². The Morgan fingerprint density at radius 1 is 1.16 bits per heavy atom. The zero-order valence-electron chi connectivity index (χ0n) is 22.2. The molecule has 1 N–H and O–H groups in total. The standard InChI is InChI=1S/C28H37FN6O2/c1-18-9-25(36)34(13-18)15-23-12-30-19(2)14-33(23)16-26(37)35-17-28(3,4)27-24(35)11-22(31-32-27)10-20-5-7-21(29)8-6-20/h5-8,11,18-19,23,30H,9-10,12-17H2,1-4H3. The normalized spacial score (nSPS) is 25.5. The van der Waals surface area contributed by atoms with Gasteiger partial charge in [-0.3, -0.25) is 14.5 Å². The van der Waals surface area contributed by atoms with Crippen molar-refractivity contribution < 1.29 is 14.0 Å². The summed E-state index contributed by atoms with van der Waals surface area (Å²) in [4.78, 5) is 32.2. The number of rotatable bonds is 6. The second kappa shape index (κ2) is 10.1. The lowest BCUT2D eigenvalue weighted by atomic mass is 9.91. The zero-order chi connectivity index (χ0) is 26.3. The monoisotopic (exact) mass is 508 g/mol. The number of hydrogen-bond acceptors (Lipinski definition) is 6. The van der Waals surface area contributed by atoms with Crippen LogP contribution in [-0.4, -0.2) is 83.2 Å². The van der Waals surface area contributed by atoms with Gasteiger partial charge in [-0.2, -0.15) is 10.2 Å². The summed E-state index contributed by atoms with van der Waals surface area (Å²) in [5.74, 6) is 0.353. The van der Waals surface area contributed by atoms with Gasteiger partial charge < -0.3 is 15.1 Å². The number of benzene rings is 1. The van der Waals surface area contributed by atoms with Crippen molar-refractivity contribution in [3.63, 3.8) is 0 Å². The molecule has 3 atom stereocenters. The maximum absolute atomic E-state index is 13.8. The first-order chi connectivity index (χ1) is 17.6. The Hall–Kier alpha value is -2.91. The van der Waals surface area contributed by atoms with E-state index in [1.165, 1.54) is 12.1 Å². The predicted octanol–water partition coefficient (Wildman–Crippen LogP) is 2.36. The number of nitrogens with one attached hydrogen (secondary N) is 1. The summed E-state index contributed by atoms with van der Waals surface area (Å²) in [6.07, 6.45) is 1.12. The lowest BCUT2D eigenvalue weighted by molar-refractivity contribution is -0.128. The van der Waals surface area contributed by atoms with Crippen LogP contribution in [0, 0.1) is 11.7 Å². The van der Waals surface area contributed by atoms with Gasteiger partial charge in [0.2, 0.25) is 11.8 Å². The molecule has 37 heavy (non-hydrogen) atoms. The third-order valence-electron chi connectivity index (χ3n) is 7.81. The van der Waals surface area contributed by atoms with Crippen LogP contribution in [-0.2, 0) is 21.4 Å². The average Bonchev–Trinajstić information content (AvgIpc) is 3.30. The third-order valence-corrected chi connectivity index (χ3v) is 7.81. The highest BCUT2D eigenvalue weighted by Gasteiger charge is 2.41. The van der Waals surface area contributed by atoms with Gasteiger partial charge in [0.1, 0.15) is 5.82 Å². The fourth-order valence-electron chi connectivity index (χ4n) is 5.85. The number of hydrogen-bond donors (Lipinski definition) is 1. The number of nitrogens with zero attached hydrogens (tertiary/aromatic N) is 5. The Morgan fingerprint density at radius 2 is 1.92 bits per heavy atom. The summed E-state index contributed by atoms with van der Waals surface area (Å²) in [7, 11) is 0. The van der Waals surface area contributed by atoms with Crippen molar-refractivity contribution in [3.8, 4) is 0 Å². The molecule has 1 aromatic heterocycles. The second-order valence-corrected chi connectivity index (χ2v) is 11.7. The fourth-order valence-corrected chi connectivity index (χ4v) is 5.85. The zero-order valence-corrected chi connectivity index (χ0v) is 22.2. The number of piperazine rings is 1. The van der Waals surface area contributed by atoms with Crippen LogP contribution in [0.1, 0.15) is 51.1 Å². The van der Waals surface area contributed by atoms with Gasteiger partial charge in [-0.05, 0) is 36.6 Å². The molecular weight excluding hydrogens is 471 g/mol. The summed E-state index contributed by atoms with van der Waals surface area (Å²) in [5.41, 5.74) is 3.02. The van der Waals surface area contributed by atoms with E-state index < -0.39 is 0 Å². The van der Waals surface area contributed by atoms with Gasteiger partial charge in [0, 0.05) is 63.1 Å². The van der Waals surface area contributed by atoms with Crippen molar-refractivity contribution in [2.24, 2.45) is 5.92 Å². The van der Waals surface area contributed by atoms with E-state index in [9.17, 15) is 14.0 Å². The number of halogens is 1. The minimum atomic E-state index is -0.305. The molecule has 0 radical (unpaired) electrons. The highest BCUT2D eigenvalue weighted by Crippen LogP contribution is 2.39. The number of aromatic nitrogens is 2. The van der Waals surface area contributed by atoms with Crippen LogP contribution in [0.2, 0.25) is 0 Å². The number of amides is 2. The van der Waals surface area contributed by atoms with Crippen molar-refractivity contribution in [3.05, 3.63) is 53.1 Å². The summed E-state index contributed by atoms with van der Waals surface area (Å²) in [5, 5.41) is 12.5. The quantitative estimate of drug-likeness (QED) is 0.645. The Labute approximate surface area is 218 Å². The largest absolute Gasteiger partial charge is 0.341 e. The molecule has 198 valence electrons. The molecule has 0 spiro atoms. The first-order valence-electron chi connectivity index (χ1n) is 13.3. The highest BCUT2D eigenvalue weighted by atomic mass is 19.1. The highest BCUT2D eigenvalue weighted by molar-refractivity contribution is 5.97. The van der Waals surface area contributed by atoms with E-state index in [0.717, 1.165) is 42.3 Å². The summed E-state index contributed by atoms with van der Waals surface area (Å²) < 4.78 is 13.3. The number of fused-ring (bicyclic) bond motifs is 1. The van der Waals surface area contributed by atoms with E-state index in [2.05, 4.69) is 48.1 Å². The molecule has 3 aliphatic rings. The van der Waals surface area contributed by atoms with Crippen molar-refractivity contribution in [1.29, 1.82) is 0 Å². The van der Waals surface area contributed by atoms with E-state index in [0.29, 0.717) is 38.4 Å². The molecule has 2 saturated heterocycles. The van der Waals surface area contributed by atoms with Gasteiger partial charge in [-0.25, -0.2) is 4.39 Å². The van der Waals surface area contributed by atoms with Gasteiger partial charge in [-0.1, -0.05) is 32.9 Å². The average molecular weight is 509 g/mol. The molecule has 2 amide bonds. The molecule has 0 saturated carbocycles. The van der Waals surface area contributed by atoms with Crippen LogP contribution >= 0.6 is 0 Å². The minimum absolute atomic E-state index is 0.0350. The van der Waals surface area contributed by atoms with Crippen LogP contribution in [0.5, 0.6) is 0 Å². The molecule has 3 unspecified atom stereocenters. The molecule has 2 fully saturated rings. The molecule has 1 aromatic carbocycles. The first-order valence-corrected chi connectivity index (χ1v) is 13.3. The SMILES string of the molecule is CC1CC(=O)N(CC2CNC(C)CN2CC(=O)N2CC(C)(C)c3nnc(Cc4ccc(F)cc4)cc32)C1. The van der Waals surface area contributed by atoms with Crippen molar-refractivity contribution in [2.75, 3.05) is 44.2 Å². The van der Waals surface area contributed by atoms with Crippen molar-refractivity contribution >= 4 is 17.5 Å². The smallest absolute Gasteiger partial charge is 0.241 e. The van der Waals surface area contributed by atoms with E-state index in [1.54, 1.807) is 12.1 Å². The number of anilines is 1. The predicted molar refractivity (Wildman–Crippen MR) is 140 cm³/mol. The Bertz CT molecular complexity index is 1170. The van der Waals surface area contributed by atoms with Crippen LogP contribution in [0.3, 0.4) is 0 Å². The van der Waals surface area contributed by atoms with E-state index >= 15 is 0 Å². The Kier molecular flexibility index (Phi) is 7.02. The summed E-state index contributed by atoms with van der Waals surface area (Å²) in [6, 6.07) is 8.69. The molecule has 0 bridgehead atoms. The fraction of sp³-hybridized carbons (Fsp3) is 0.571. The maximum Gasteiger partial charge on any atom is 0.241 e. The molecular formula is C28H37FN6O2. The number of carbonyl (C=O) groups excluding carboxylic acids is 2. The third kappa shape index (κ3) is 5.52. The molecule has 9 heteroatoms. The molecule has 2 aromatic rings. The van der Waals surface area contributed by atoms with Crippen LogP contribution in [0.4, 0.5) is 10.1 Å². The van der Waals surface area contributed by atoms with Crippen molar-refractivity contribution in [1.82, 2.24) is 25.3 Å². The van der Waals surface area contributed by atoms with Gasteiger partial charge in [0.05, 0.1) is 23.6 Å². The summed E-state index contributed by atoms with van der Waals surface area (Å²) in [6.45, 7) is 12.2. The lowest BCUT2D eigenvalue weighted by Gasteiger charge is -2.41. The molecule has 0 aliphatic carbocycles. The van der Waals surface area contributed by atoms with Gasteiger partial charge in [0.25, 0.3) is 0 Å². The number of likely N-dealkylation sites (tertiary alicyclic amines) is 1. The minimum Gasteiger partial charge on any atom is -0.341 e. The lowest BCUT2D eigenvalue weighted by Crippen LogP contribution is -2.61. The van der Waals surface area contributed by atoms with Gasteiger partial charge in [0.15, 0.2) is 0 Å². The van der Waals surface area contributed by atoms with Crippen LogP contribution in [0.25, 0.3) is 0 Å². The van der Waals surface area contributed by atoms with E-state index in [4.69, 9.17) is 0 Å². The van der Waals surface area contributed by atoms with Gasteiger partial charge >= 0.3 is 0 Å².